The van der Waals surface area contributed by atoms with Gasteiger partial charge in [-0.3, -0.25) is 4.68 Å². The first-order chi connectivity index (χ1) is 17.6. The van der Waals surface area contributed by atoms with Gasteiger partial charge in [0.15, 0.2) is 0 Å². The molecule has 0 aliphatic carbocycles. The van der Waals surface area contributed by atoms with Gasteiger partial charge in [0.05, 0.1) is 24.1 Å². The first-order valence-electron chi connectivity index (χ1n) is 12.9. The minimum atomic E-state index is 0.667. The molecule has 1 aliphatic rings. The van der Waals surface area contributed by atoms with Crippen molar-refractivity contribution in [3.8, 4) is 5.88 Å². The molecule has 6 heteroatoms. The summed E-state index contributed by atoms with van der Waals surface area (Å²) in [7, 11) is 2.13. The van der Waals surface area contributed by atoms with Crippen molar-refractivity contribution < 1.29 is 4.74 Å². The number of ether oxygens (including phenoxy) is 1. The molecule has 3 aromatic carbocycles. The summed E-state index contributed by atoms with van der Waals surface area (Å²) in [5, 5.41) is 6.70. The molecule has 0 amide bonds. The first kappa shape index (κ1) is 24.7. The van der Waals surface area contributed by atoms with Crippen LogP contribution in [0.5, 0.6) is 5.88 Å². The van der Waals surface area contributed by atoms with Crippen LogP contribution in [-0.4, -0.2) is 47.5 Å². The fraction of sp³-hybridized carbons (Fsp3) is 0.367. The van der Waals surface area contributed by atoms with Gasteiger partial charge >= 0.3 is 0 Å². The number of anilines is 1. The van der Waals surface area contributed by atoms with Crippen molar-refractivity contribution in [1.82, 2.24) is 14.7 Å². The topological polar surface area (TPSA) is 33.5 Å². The highest BCUT2D eigenvalue weighted by Crippen LogP contribution is 2.31. The lowest BCUT2D eigenvalue weighted by atomic mass is 10.1. The maximum atomic E-state index is 6.31. The summed E-state index contributed by atoms with van der Waals surface area (Å²) in [6, 6.07) is 25.7. The van der Waals surface area contributed by atoms with Crippen LogP contribution in [0.3, 0.4) is 0 Å². The van der Waals surface area contributed by atoms with E-state index < -0.39 is 0 Å². The lowest BCUT2D eigenvalue weighted by Gasteiger charge is -2.20. The molecule has 1 aromatic heterocycles. The molecule has 36 heavy (non-hydrogen) atoms. The Morgan fingerprint density at radius 2 is 1.83 bits per heavy atom. The molecule has 0 bridgehead atoms. The predicted molar refractivity (Wildman–Crippen MR) is 149 cm³/mol. The summed E-state index contributed by atoms with van der Waals surface area (Å²) in [5.41, 5.74) is 4.66. The van der Waals surface area contributed by atoms with Crippen LogP contribution in [0.25, 0.3) is 10.9 Å². The van der Waals surface area contributed by atoms with E-state index in [1.807, 2.05) is 16.8 Å². The van der Waals surface area contributed by atoms with E-state index in [0.717, 1.165) is 46.7 Å². The van der Waals surface area contributed by atoms with E-state index in [0.29, 0.717) is 25.1 Å². The van der Waals surface area contributed by atoms with E-state index in [-0.39, 0.29) is 0 Å². The van der Waals surface area contributed by atoms with Gasteiger partial charge < -0.3 is 14.5 Å². The lowest BCUT2D eigenvalue weighted by Crippen LogP contribution is -2.28. The molecule has 1 aliphatic heterocycles. The molecular formula is C30H35ClN4O. The molecule has 5 rings (SSSR count). The normalized spacial score (nSPS) is 16.0. The molecule has 0 spiro atoms. The zero-order valence-electron chi connectivity index (χ0n) is 21.2. The molecule has 5 nitrogen and oxygen atoms in total. The van der Waals surface area contributed by atoms with E-state index in [9.17, 15) is 0 Å². The number of aromatic nitrogens is 2. The fourth-order valence-corrected chi connectivity index (χ4v) is 5.20. The monoisotopic (exact) mass is 502 g/mol. The van der Waals surface area contributed by atoms with Crippen molar-refractivity contribution in [2.24, 2.45) is 0 Å². The molecule has 0 radical (unpaired) electrons. The number of hydrogen-bond donors (Lipinski definition) is 0. The minimum absolute atomic E-state index is 0.667. The lowest BCUT2D eigenvalue weighted by molar-refractivity contribution is 0.227. The van der Waals surface area contributed by atoms with Crippen LogP contribution in [0, 0.1) is 0 Å². The van der Waals surface area contributed by atoms with Crippen LogP contribution in [0.4, 0.5) is 5.69 Å². The fourth-order valence-electron chi connectivity index (χ4n) is 5.08. The van der Waals surface area contributed by atoms with Crippen LogP contribution in [-0.2, 0) is 13.1 Å². The van der Waals surface area contributed by atoms with Gasteiger partial charge in [0, 0.05) is 36.9 Å². The Labute approximate surface area is 219 Å². The van der Waals surface area contributed by atoms with Crippen LogP contribution in [0.2, 0.25) is 5.02 Å². The van der Waals surface area contributed by atoms with E-state index in [1.54, 1.807) is 0 Å². The van der Waals surface area contributed by atoms with Crippen LogP contribution in [0.1, 0.15) is 37.3 Å². The number of halogens is 1. The van der Waals surface area contributed by atoms with Gasteiger partial charge in [0.1, 0.15) is 0 Å². The van der Waals surface area contributed by atoms with Crippen molar-refractivity contribution in [1.29, 1.82) is 0 Å². The molecule has 1 saturated heterocycles. The highest BCUT2D eigenvalue weighted by Gasteiger charge is 2.20. The standard InChI is InChI=1S/C30H35ClN4O/c1-23-8-6-17-34(23)18-7-19-36-30-28-20-27(33(2)21-24-9-4-3-5-10-24)15-16-29(28)35(32-30)22-25-11-13-26(31)14-12-25/h3-5,9-16,20,23H,6-8,17-19,21-22H2,1-2H3/t23-/m0/s1. The van der Waals surface area contributed by atoms with Crippen molar-refractivity contribution >= 4 is 28.2 Å². The summed E-state index contributed by atoms with van der Waals surface area (Å²) in [6.07, 6.45) is 3.62. The third-order valence-electron chi connectivity index (χ3n) is 7.17. The Kier molecular flexibility index (Phi) is 7.78. The molecule has 188 valence electrons. The minimum Gasteiger partial charge on any atom is -0.476 e. The number of likely N-dealkylation sites (tertiary alicyclic amines) is 1. The number of benzene rings is 3. The maximum Gasteiger partial charge on any atom is 0.240 e. The summed E-state index contributed by atoms with van der Waals surface area (Å²) in [6.45, 7) is 6.79. The van der Waals surface area contributed by atoms with E-state index in [4.69, 9.17) is 21.4 Å². The quantitative estimate of drug-likeness (QED) is 0.228. The van der Waals surface area contributed by atoms with Gasteiger partial charge in [0.2, 0.25) is 5.88 Å². The largest absolute Gasteiger partial charge is 0.476 e. The summed E-state index contributed by atoms with van der Waals surface area (Å²) in [5.74, 6) is 0.711. The molecular weight excluding hydrogens is 468 g/mol. The van der Waals surface area contributed by atoms with Gasteiger partial charge in [-0.25, -0.2) is 0 Å². The predicted octanol–water partition coefficient (Wildman–Crippen LogP) is 6.63. The third kappa shape index (κ3) is 5.85. The molecule has 4 aromatic rings. The Hall–Kier alpha value is -3.02. The highest BCUT2D eigenvalue weighted by molar-refractivity contribution is 6.30. The Morgan fingerprint density at radius 3 is 2.58 bits per heavy atom. The first-order valence-corrected chi connectivity index (χ1v) is 13.3. The molecule has 1 fully saturated rings. The summed E-state index contributed by atoms with van der Waals surface area (Å²) < 4.78 is 8.35. The highest BCUT2D eigenvalue weighted by atomic mass is 35.5. The second-order valence-corrected chi connectivity index (χ2v) is 10.3. The van der Waals surface area contributed by atoms with Crippen LogP contribution >= 0.6 is 11.6 Å². The second kappa shape index (κ2) is 11.4. The summed E-state index contributed by atoms with van der Waals surface area (Å²) in [4.78, 5) is 4.83. The zero-order valence-corrected chi connectivity index (χ0v) is 22.0. The number of rotatable bonds is 10. The second-order valence-electron chi connectivity index (χ2n) is 9.86. The molecule has 0 saturated carbocycles. The number of hydrogen-bond acceptors (Lipinski definition) is 4. The van der Waals surface area contributed by atoms with E-state index in [1.165, 1.54) is 24.9 Å². The Bertz CT molecular complexity index is 1270. The van der Waals surface area contributed by atoms with Crippen molar-refractivity contribution in [2.45, 2.75) is 45.3 Å². The smallest absolute Gasteiger partial charge is 0.240 e. The van der Waals surface area contributed by atoms with Gasteiger partial charge in [-0.05, 0) is 74.2 Å². The average Bonchev–Trinajstić information content (AvgIpc) is 3.46. The zero-order chi connectivity index (χ0) is 24.9. The molecule has 0 N–H and O–H groups in total. The van der Waals surface area contributed by atoms with Crippen molar-refractivity contribution in [3.63, 3.8) is 0 Å². The third-order valence-corrected chi connectivity index (χ3v) is 7.42. The molecule has 2 heterocycles. The van der Waals surface area contributed by atoms with Gasteiger partial charge in [-0.15, -0.1) is 5.10 Å². The van der Waals surface area contributed by atoms with Crippen molar-refractivity contribution in [2.75, 3.05) is 31.6 Å². The van der Waals surface area contributed by atoms with E-state index in [2.05, 4.69) is 84.4 Å². The molecule has 0 unspecified atom stereocenters. The number of nitrogens with zero attached hydrogens (tertiary/aromatic N) is 4. The van der Waals surface area contributed by atoms with Crippen LogP contribution < -0.4 is 9.64 Å². The van der Waals surface area contributed by atoms with Gasteiger partial charge in [0.25, 0.3) is 0 Å². The van der Waals surface area contributed by atoms with E-state index >= 15 is 0 Å². The SMILES string of the molecule is C[C@H]1CCCN1CCCOc1nn(Cc2ccc(Cl)cc2)c2ccc(N(C)Cc3ccccc3)cc12. The average molecular weight is 503 g/mol. The Balaban J connectivity index is 1.36. The molecule has 1 atom stereocenters. The van der Waals surface area contributed by atoms with Gasteiger partial charge in [-0.1, -0.05) is 54.1 Å². The number of fused-ring (bicyclic) bond motifs is 1. The van der Waals surface area contributed by atoms with Gasteiger partial charge in [-0.2, -0.15) is 0 Å². The summed E-state index contributed by atoms with van der Waals surface area (Å²) >= 11 is 6.10. The maximum absolute atomic E-state index is 6.31. The van der Waals surface area contributed by atoms with Crippen molar-refractivity contribution in [3.05, 3.63) is 88.9 Å². The van der Waals surface area contributed by atoms with Crippen LogP contribution in [0.15, 0.2) is 72.8 Å². The Morgan fingerprint density at radius 1 is 1.03 bits per heavy atom.